The second-order valence-corrected chi connectivity index (χ2v) is 6.08. The topological polar surface area (TPSA) is 68.0 Å². The van der Waals surface area contributed by atoms with Crippen molar-refractivity contribution in [3.05, 3.63) is 65.8 Å². The number of nitrogens with one attached hydrogen (secondary N) is 1. The summed E-state index contributed by atoms with van der Waals surface area (Å²) in [6.45, 7) is 1.93. The van der Waals surface area contributed by atoms with E-state index >= 15 is 0 Å². The van der Waals surface area contributed by atoms with Crippen molar-refractivity contribution in [2.75, 3.05) is 11.6 Å². The molecule has 1 N–H and O–H groups in total. The molecule has 1 aromatic carbocycles. The van der Waals surface area contributed by atoms with Gasteiger partial charge in [-0.3, -0.25) is 9.78 Å². The molecule has 0 aliphatic heterocycles. The maximum absolute atomic E-state index is 12.6. The molecule has 0 bridgehead atoms. The van der Waals surface area contributed by atoms with Gasteiger partial charge < -0.3 is 9.73 Å². The lowest BCUT2D eigenvalue weighted by Crippen LogP contribution is -2.16. The minimum atomic E-state index is -0.215. The molecule has 1 amide bonds. The first-order chi connectivity index (χ1) is 11.7. The Morgan fingerprint density at radius 3 is 2.83 bits per heavy atom. The lowest BCUT2D eigenvalue weighted by Gasteiger charge is -2.12. The van der Waals surface area contributed by atoms with E-state index in [1.807, 2.05) is 43.5 Å². The summed E-state index contributed by atoms with van der Waals surface area (Å²) in [7, 11) is 0. The van der Waals surface area contributed by atoms with E-state index < -0.39 is 0 Å². The van der Waals surface area contributed by atoms with Crippen LogP contribution in [0.4, 0.5) is 5.69 Å². The van der Waals surface area contributed by atoms with E-state index in [0.717, 1.165) is 28.1 Å². The van der Waals surface area contributed by atoms with Crippen LogP contribution in [0.1, 0.15) is 21.6 Å². The molecule has 0 spiro atoms. The summed E-state index contributed by atoms with van der Waals surface area (Å²) in [4.78, 5) is 21.0. The average molecular weight is 339 g/mol. The number of aromatic nitrogens is 2. The molecule has 122 valence electrons. The van der Waals surface area contributed by atoms with Crippen molar-refractivity contribution in [1.29, 1.82) is 0 Å². The number of nitrogens with zero attached hydrogens (tertiary/aromatic N) is 2. The van der Waals surface area contributed by atoms with Crippen molar-refractivity contribution in [2.24, 2.45) is 0 Å². The van der Waals surface area contributed by atoms with Crippen molar-refractivity contribution in [2.45, 2.75) is 12.7 Å². The first-order valence-corrected chi connectivity index (χ1v) is 8.83. The van der Waals surface area contributed by atoms with Gasteiger partial charge in [0, 0.05) is 23.2 Å². The number of benzene rings is 1. The number of pyridine rings is 1. The molecular formula is C18H17N3O2S. The lowest BCUT2D eigenvalue weighted by atomic mass is 10.1. The van der Waals surface area contributed by atoms with Crippen LogP contribution in [0.2, 0.25) is 0 Å². The second kappa shape index (κ2) is 7.31. The Morgan fingerprint density at radius 2 is 2.08 bits per heavy atom. The van der Waals surface area contributed by atoms with E-state index in [4.69, 9.17) is 4.42 Å². The van der Waals surface area contributed by atoms with Gasteiger partial charge in [0.15, 0.2) is 0 Å². The molecule has 0 fully saturated rings. The van der Waals surface area contributed by atoms with Crippen molar-refractivity contribution in [1.82, 2.24) is 9.97 Å². The van der Waals surface area contributed by atoms with Gasteiger partial charge in [-0.05, 0) is 42.5 Å². The Hall–Kier alpha value is -2.60. The van der Waals surface area contributed by atoms with E-state index in [1.54, 1.807) is 24.2 Å². The maximum atomic E-state index is 12.6. The van der Waals surface area contributed by atoms with Gasteiger partial charge in [0.2, 0.25) is 5.89 Å². The van der Waals surface area contributed by atoms with Crippen LogP contribution in [0.15, 0.2) is 53.4 Å². The number of hydrogen-bond acceptors (Lipinski definition) is 5. The predicted octanol–water partition coefficient (Wildman–Crippen LogP) is 4.16. The summed E-state index contributed by atoms with van der Waals surface area (Å²) in [5.41, 5.74) is 3.84. The Morgan fingerprint density at radius 1 is 1.21 bits per heavy atom. The molecule has 3 rings (SSSR count). The summed E-state index contributed by atoms with van der Waals surface area (Å²) in [6.07, 6.45) is 6.76. The molecule has 0 aliphatic carbocycles. The predicted molar refractivity (Wildman–Crippen MR) is 96.1 cm³/mol. The zero-order valence-corrected chi connectivity index (χ0v) is 14.3. The highest BCUT2D eigenvalue weighted by atomic mass is 32.2. The third-order valence-corrected chi connectivity index (χ3v) is 4.25. The van der Waals surface area contributed by atoms with Crippen molar-refractivity contribution >= 4 is 23.4 Å². The van der Waals surface area contributed by atoms with Gasteiger partial charge in [0.05, 0.1) is 6.20 Å². The minimum absolute atomic E-state index is 0.215. The Kier molecular flexibility index (Phi) is 4.96. The summed E-state index contributed by atoms with van der Waals surface area (Å²) in [6, 6.07) is 9.40. The normalized spacial score (nSPS) is 10.6. The number of carbonyl (C=O) groups is 1. The fraction of sp³-hybridized carbons (Fsp3) is 0.167. The van der Waals surface area contributed by atoms with E-state index in [-0.39, 0.29) is 5.91 Å². The van der Waals surface area contributed by atoms with E-state index in [9.17, 15) is 4.79 Å². The molecule has 0 saturated heterocycles. The summed E-state index contributed by atoms with van der Waals surface area (Å²) in [5.74, 6) is 1.06. The van der Waals surface area contributed by atoms with Gasteiger partial charge in [-0.15, -0.1) is 0 Å². The highest BCUT2D eigenvalue weighted by Gasteiger charge is 2.15. The van der Waals surface area contributed by atoms with Crippen LogP contribution >= 0.6 is 11.8 Å². The molecule has 5 nitrogen and oxygen atoms in total. The van der Waals surface area contributed by atoms with Gasteiger partial charge in [0.25, 0.3) is 5.91 Å². The number of carbonyl (C=O) groups excluding carboxylic acids is 1. The monoisotopic (exact) mass is 339 g/mol. The molecule has 24 heavy (non-hydrogen) atoms. The highest BCUT2D eigenvalue weighted by Crippen LogP contribution is 2.27. The summed E-state index contributed by atoms with van der Waals surface area (Å²) < 4.78 is 5.36. The minimum Gasteiger partial charge on any atom is -0.445 e. The van der Waals surface area contributed by atoms with Gasteiger partial charge >= 0.3 is 0 Å². The first-order valence-electron chi connectivity index (χ1n) is 7.44. The van der Waals surface area contributed by atoms with E-state index in [1.165, 1.54) is 6.26 Å². The van der Waals surface area contributed by atoms with Crippen LogP contribution in [-0.2, 0) is 5.75 Å². The maximum Gasteiger partial charge on any atom is 0.274 e. The molecule has 3 aromatic rings. The number of amides is 1. The van der Waals surface area contributed by atoms with Crippen LogP contribution in [0.5, 0.6) is 0 Å². The third kappa shape index (κ3) is 3.33. The van der Waals surface area contributed by atoms with Crippen LogP contribution in [0.3, 0.4) is 0 Å². The largest absolute Gasteiger partial charge is 0.445 e. The molecule has 0 saturated carbocycles. The first kappa shape index (κ1) is 16.3. The Balaban J connectivity index is 1.89. The van der Waals surface area contributed by atoms with Crippen LogP contribution in [-0.4, -0.2) is 22.1 Å². The van der Waals surface area contributed by atoms with Gasteiger partial charge in [-0.1, -0.05) is 12.1 Å². The average Bonchev–Trinajstić information content (AvgIpc) is 3.12. The number of anilines is 1. The van der Waals surface area contributed by atoms with Gasteiger partial charge in [-0.25, -0.2) is 4.98 Å². The van der Waals surface area contributed by atoms with E-state index in [2.05, 4.69) is 15.3 Å². The number of oxazole rings is 1. The van der Waals surface area contributed by atoms with Crippen LogP contribution in [0.25, 0.3) is 11.5 Å². The fourth-order valence-corrected chi connectivity index (χ4v) is 3.00. The quantitative estimate of drug-likeness (QED) is 0.756. The molecule has 0 unspecified atom stereocenters. The van der Waals surface area contributed by atoms with Crippen molar-refractivity contribution in [3.8, 4) is 11.5 Å². The second-order valence-electron chi connectivity index (χ2n) is 5.21. The van der Waals surface area contributed by atoms with Gasteiger partial charge in [0.1, 0.15) is 12.0 Å². The summed E-state index contributed by atoms with van der Waals surface area (Å²) >= 11 is 1.66. The molecule has 2 aromatic heterocycles. The third-order valence-electron chi connectivity index (χ3n) is 3.65. The van der Waals surface area contributed by atoms with E-state index in [0.29, 0.717) is 11.6 Å². The zero-order chi connectivity index (χ0) is 16.9. The van der Waals surface area contributed by atoms with Crippen LogP contribution in [0, 0.1) is 6.92 Å². The SMILES string of the molecule is CSCc1cccnc1C(=O)Nc1cccc(-c2ncco2)c1C. The number of thioether (sulfide) groups is 1. The van der Waals surface area contributed by atoms with Gasteiger partial charge in [-0.2, -0.15) is 11.8 Å². The smallest absolute Gasteiger partial charge is 0.274 e. The highest BCUT2D eigenvalue weighted by molar-refractivity contribution is 7.97. The fourth-order valence-electron chi connectivity index (χ4n) is 2.46. The lowest BCUT2D eigenvalue weighted by molar-refractivity contribution is 0.102. The van der Waals surface area contributed by atoms with Crippen LogP contribution < -0.4 is 5.32 Å². The number of rotatable bonds is 5. The Labute approximate surface area is 144 Å². The molecule has 0 radical (unpaired) electrons. The molecule has 0 atom stereocenters. The van der Waals surface area contributed by atoms with Crippen molar-refractivity contribution < 1.29 is 9.21 Å². The molecule has 6 heteroatoms. The Bertz CT molecular complexity index is 847. The summed E-state index contributed by atoms with van der Waals surface area (Å²) in [5, 5.41) is 2.95. The zero-order valence-electron chi connectivity index (χ0n) is 13.4. The molecule has 2 heterocycles. The van der Waals surface area contributed by atoms with Crippen molar-refractivity contribution in [3.63, 3.8) is 0 Å². The standard InChI is InChI=1S/C18H17N3O2S/c1-12-14(18-20-9-10-23-18)6-3-7-15(12)21-17(22)16-13(11-24-2)5-4-8-19-16/h3-10H,11H2,1-2H3,(H,21,22). The molecular weight excluding hydrogens is 322 g/mol. The molecule has 0 aliphatic rings. The number of hydrogen-bond donors (Lipinski definition) is 1.